The quantitative estimate of drug-likeness (QED) is 0.689. The summed E-state index contributed by atoms with van der Waals surface area (Å²) >= 11 is 0. The van der Waals surface area contributed by atoms with Crippen molar-refractivity contribution >= 4 is 5.91 Å². The first-order chi connectivity index (χ1) is 10.1. The van der Waals surface area contributed by atoms with E-state index in [1.54, 1.807) is 19.1 Å². The molecule has 0 spiro atoms. The first-order valence-corrected chi connectivity index (χ1v) is 7.52. The second kappa shape index (κ2) is 9.34. The molecule has 1 aromatic rings. The molecule has 2 N–H and O–H groups in total. The van der Waals surface area contributed by atoms with Crippen LogP contribution in [0.3, 0.4) is 0 Å². The third kappa shape index (κ3) is 5.71. The van der Waals surface area contributed by atoms with Crippen molar-refractivity contribution in [3.8, 4) is 5.75 Å². The summed E-state index contributed by atoms with van der Waals surface area (Å²) in [6.07, 6.45) is 1.21. The Kier molecular flexibility index (Phi) is 7.75. The van der Waals surface area contributed by atoms with Gasteiger partial charge in [-0.1, -0.05) is 32.4 Å². The normalized spacial score (nSPS) is 12.0. The molecular weight excluding hydrogens is 271 g/mol. The number of rotatable bonds is 9. The molecule has 1 rings (SSSR count). The molecule has 5 heteroatoms. The number of amides is 1. The number of carbonyl (C=O) groups is 1. The number of nitrogens with one attached hydrogen (secondary N) is 2. The van der Waals surface area contributed by atoms with Gasteiger partial charge < -0.3 is 15.4 Å². The van der Waals surface area contributed by atoms with Crippen LogP contribution in [0.4, 0.5) is 4.39 Å². The largest absolute Gasteiger partial charge is 0.477 e. The molecule has 0 fully saturated rings. The van der Waals surface area contributed by atoms with Crippen LogP contribution >= 0.6 is 0 Å². The van der Waals surface area contributed by atoms with Crippen molar-refractivity contribution in [1.82, 2.24) is 10.6 Å². The van der Waals surface area contributed by atoms with E-state index < -0.39 is 11.9 Å². The Bertz CT molecular complexity index is 452. The monoisotopic (exact) mass is 296 g/mol. The van der Waals surface area contributed by atoms with Crippen molar-refractivity contribution in [3.63, 3.8) is 0 Å². The standard InChI is InChI=1S/C16H25FN2O2/c1-4-6-10-19-16(20)12(3)21-15-13(11-18-5-2)8-7-9-14(15)17/h7-9,12,18H,4-6,10-11H2,1-3H3,(H,19,20). The Morgan fingerprint density at radius 1 is 1.38 bits per heavy atom. The van der Waals surface area contributed by atoms with Gasteiger partial charge in [0.25, 0.3) is 5.91 Å². The Labute approximate surface area is 126 Å². The average molecular weight is 296 g/mol. The van der Waals surface area contributed by atoms with Crippen LogP contribution < -0.4 is 15.4 Å². The number of para-hydroxylation sites is 1. The molecule has 0 radical (unpaired) electrons. The summed E-state index contributed by atoms with van der Waals surface area (Å²) in [6.45, 7) is 7.56. The Morgan fingerprint density at radius 3 is 2.81 bits per heavy atom. The van der Waals surface area contributed by atoms with E-state index in [-0.39, 0.29) is 11.7 Å². The smallest absolute Gasteiger partial charge is 0.260 e. The SMILES string of the molecule is CCCCNC(=O)C(C)Oc1c(F)cccc1CNCC. The molecule has 0 aliphatic heterocycles. The molecule has 0 heterocycles. The van der Waals surface area contributed by atoms with Gasteiger partial charge in [0.05, 0.1) is 0 Å². The van der Waals surface area contributed by atoms with E-state index in [0.29, 0.717) is 18.7 Å². The minimum absolute atomic E-state index is 0.150. The summed E-state index contributed by atoms with van der Waals surface area (Å²) in [6, 6.07) is 4.77. The lowest BCUT2D eigenvalue weighted by molar-refractivity contribution is -0.127. The van der Waals surface area contributed by atoms with Crippen LogP contribution in [0.15, 0.2) is 18.2 Å². The van der Waals surface area contributed by atoms with Crippen LogP contribution in [0.25, 0.3) is 0 Å². The topological polar surface area (TPSA) is 50.4 Å². The van der Waals surface area contributed by atoms with Gasteiger partial charge in [0, 0.05) is 18.7 Å². The lowest BCUT2D eigenvalue weighted by Crippen LogP contribution is -2.37. The lowest BCUT2D eigenvalue weighted by Gasteiger charge is -2.18. The summed E-state index contributed by atoms with van der Waals surface area (Å²) in [7, 11) is 0. The van der Waals surface area contributed by atoms with E-state index in [2.05, 4.69) is 17.6 Å². The zero-order valence-corrected chi connectivity index (χ0v) is 13.0. The maximum Gasteiger partial charge on any atom is 0.260 e. The van der Waals surface area contributed by atoms with Gasteiger partial charge in [0.2, 0.25) is 0 Å². The Hall–Kier alpha value is -1.62. The average Bonchev–Trinajstić information content (AvgIpc) is 2.47. The predicted octanol–water partition coefficient (Wildman–Crippen LogP) is 2.62. The fourth-order valence-electron chi connectivity index (χ4n) is 1.85. The summed E-state index contributed by atoms with van der Waals surface area (Å²) < 4.78 is 19.5. The predicted molar refractivity (Wildman–Crippen MR) is 81.8 cm³/mol. The van der Waals surface area contributed by atoms with E-state index in [9.17, 15) is 9.18 Å². The Morgan fingerprint density at radius 2 is 2.14 bits per heavy atom. The van der Waals surface area contributed by atoms with Crippen molar-refractivity contribution in [2.45, 2.75) is 46.3 Å². The van der Waals surface area contributed by atoms with Crippen LogP contribution in [0.2, 0.25) is 0 Å². The zero-order chi connectivity index (χ0) is 15.7. The molecule has 0 aliphatic rings. The van der Waals surface area contributed by atoms with Crippen LogP contribution in [0, 0.1) is 5.82 Å². The fourth-order valence-corrected chi connectivity index (χ4v) is 1.85. The van der Waals surface area contributed by atoms with Crippen LogP contribution in [-0.2, 0) is 11.3 Å². The van der Waals surface area contributed by atoms with E-state index in [1.165, 1.54) is 6.07 Å². The lowest BCUT2D eigenvalue weighted by atomic mass is 10.2. The number of benzene rings is 1. The minimum atomic E-state index is -0.723. The molecule has 1 amide bonds. The minimum Gasteiger partial charge on any atom is -0.477 e. The number of hydrogen-bond donors (Lipinski definition) is 2. The molecule has 21 heavy (non-hydrogen) atoms. The third-order valence-electron chi connectivity index (χ3n) is 3.11. The number of carbonyl (C=O) groups excluding carboxylic acids is 1. The second-order valence-electron chi connectivity index (χ2n) is 4.91. The molecular formula is C16H25FN2O2. The van der Waals surface area contributed by atoms with E-state index in [0.717, 1.165) is 19.4 Å². The van der Waals surface area contributed by atoms with Gasteiger partial charge >= 0.3 is 0 Å². The van der Waals surface area contributed by atoms with Crippen molar-refractivity contribution in [3.05, 3.63) is 29.6 Å². The van der Waals surface area contributed by atoms with Crippen LogP contribution in [0.5, 0.6) is 5.75 Å². The van der Waals surface area contributed by atoms with E-state index in [1.807, 2.05) is 6.92 Å². The number of unbranched alkanes of at least 4 members (excludes halogenated alkanes) is 1. The highest BCUT2D eigenvalue weighted by atomic mass is 19.1. The molecule has 1 atom stereocenters. The van der Waals surface area contributed by atoms with Gasteiger partial charge in [0.15, 0.2) is 17.7 Å². The maximum atomic E-state index is 13.9. The van der Waals surface area contributed by atoms with Gasteiger partial charge in [-0.2, -0.15) is 0 Å². The van der Waals surface area contributed by atoms with Gasteiger partial charge in [-0.05, 0) is 26.0 Å². The molecule has 0 aromatic heterocycles. The van der Waals surface area contributed by atoms with Gasteiger partial charge in [-0.15, -0.1) is 0 Å². The molecule has 0 aliphatic carbocycles. The molecule has 118 valence electrons. The number of ether oxygens (including phenoxy) is 1. The van der Waals surface area contributed by atoms with Crippen molar-refractivity contribution in [2.24, 2.45) is 0 Å². The van der Waals surface area contributed by atoms with E-state index >= 15 is 0 Å². The van der Waals surface area contributed by atoms with Crippen molar-refractivity contribution in [2.75, 3.05) is 13.1 Å². The van der Waals surface area contributed by atoms with Gasteiger partial charge in [0.1, 0.15) is 0 Å². The Balaban J connectivity index is 2.69. The fraction of sp³-hybridized carbons (Fsp3) is 0.562. The van der Waals surface area contributed by atoms with Gasteiger partial charge in [-0.25, -0.2) is 4.39 Å². The first-order valence-electron chi connectivity index (χ1n) is 7.52. The van der Waals surface area contributed by atoms with Crippen molar-refractivity contribution in [1.29, 1.82) is 0 Å². The summed E-state index contributed by atoms with van der Waals surface area (Å²) in [5.74, 6) is -0.517. The molecule has 1 aromatic carbocycles. The zero-order valence-electron chi connectivity index (χ0n) is 13.0. The number of hydrogen-bond acceptors (Lipinski definition) is 3. The summed E-state index contributed by atoms with van der Waals surface area (Å²) in [4.78, 5) is 11.9. The maximum absolute atomic E-state index is 13.9. The van der Waals surface area contributed by atoms with Crippen LogP contribution in [0.1, 0.15) is 39.2 Å². The van der Waals surface area contributed by atoms with Crippen LogP contribution in [-0.4, -0.2) is 25.1 Å². The van der Waals surface area contributed by atoms with Gasteiger partial charge in [-0.3, -0.25) is 4.79 Å². The highest BCUT2D eigenvalue weighted by molar-refractivity contribution is 5.80. The highest BCUT2D eigenvalue weighted by Gasteiger charge is 2.18. The van der Waals surface area contributed by atoms with E-state index in [4.69, 9.17) is 4.74 Å². The van der Waals surface area contributed by atoms with Crippen molar-refractivity contribution < 1.29 is 13.9 Å². The molecule has 0 saturated heterocycles. The summed E-state index contributed by atoms with van der Waals surface area (Å²) in [5.41, 5.74) is 0.713. The highest BCUT2D eigenvalue weighted by Crippen LogP contribution is 2.23. The third-order valence-corrected chi connectivity index (χ3v) is 3.11. The number of halogens is 1. The first kappa shape index (κ1) is 17.4. The molecule has 0 saturated carbocycles. The molecule has 0 bridgehead atoms. The molecule has 4 nitrogen and oxygen atoms in total. The second-order valence-corrected chi connectivity index (χ2v) is 4.91. The molecule has 1 unspecified atom stereocenters. The summed E-state index contributed by atoms with van der Waals surface area (Å²) in [5, 5.41) is 5.91.